The molecule has 1 aromatic rings. The van der Waals surface area contributed by atoms with Crippen molar-refractivity contribution >= 4 is 53.3 Å². The summed E-state index contributed by atoms with van der Waals surface area (Å²) in [5.41, 5.74) is 0. The fourth-order valence-electron chi connectivity index (χ4n) is 6.39. The first-order valence-electron chi connectivity index (χ1n) is 22.8. The number of carbonyl (C=O) groups excluding carboxylic acids is 6. The standard InChI is InChI=1S/C45H78N12O6/c1-10-19-22-34(13-4)25-46-40(61)28-55(31-49-37(58)16-7)43-52-44(56(32-50-38(59)17-8)29-41(62)47-26-35(14-5)23-20-11-2)54-45(53-43)57(33-51-39(60)18-9)30-42(63)48-27-36(15-6)24-21-12-3/h16-18,34-36H,7-15,19-33H2,1-6H3,(H,46,61)(H,47,62)(H,48,63)(H,49,58)(H,50,59)(H,51,60). The van der Waals surface area contributed by atoms with Gasteiger partial charge in [0.15, 0.2) is 0 Å². The summed E-state index contributed by atoms with van der Waals surface area (Å²) in [6.07, 6.45) is 15.0. The van der Waals surface area contributed by atoms with Crippen LogP contribution in [0, 0.1) is 17.8 Å². The highest BCUT2D eigenvalue weighted by Crippen LogP contribution is 2.20. The molecule has 1 rings (SSSR count). The Labute approximate surface area is 376 Å². The molecule has 0 saturated heterocycles. The number of nitrogens with one attached hydrogen (secondary N) is 6. The van der Waals surface area contributed by atoms with Crippen molar-refractivity contribution in [1.82, 2.24) is 46.9 Å². The summed E-state index contributed by atoms with van der Waals surface area (Å²) < 4.78 is 0. The van der Waals surface area contributed by atoms with Crippen LogP contribution < -0.4 is 46.6 Å². The predicted molar refractivity (Wildman–Crippen MR) is 250 cm³/mol. The SMILES string of the molecule is C=CC(=O)NCN(CC(=O)NCC(CC)CCCC)c1nc(N(CNC(=O)C=C)CC(=O)NCC(CC)CCCC)nc(N(CNC(=O)C=C)CC(=O)NCC(CC)CCCC)n1. The van der Waals surface area contributed by atoms with E-state index in [4.69, 9.17) is 15.0 Å². The van der Waals surface area contributed by atoms with Gasteiger partial charge < -0.3 is 46.6 Å². The molecule has 6 N–H and O–H groups in total. The molecule has 354 valence electrons. The van der Waals surface area contributed by atoms with E-state index in [2.05, 4.69) is 93.2 Å². The van der Waals surface area contributed by atoms with E-state index in [1.807, 2.05) is 0 Å². The van der Waals surface area contributed by atoms with Crippen molar-refractivity contribution in [1.29, 1.82) is 0 Å². The maximum Gasteiger partial charge on any atom is 0.244 e. The molecule has 0 aliphatic rings. The summed E-state index contributed by atoms with van der Waals surface area (Å²) in [6, 6.07) is 0. The fraction of sp³-hybridized carbons (Fsp3) is 0.667. The van der Waals surface area contributed by atoms with Gasteiger partial charge in [-0.15, -0.1) is 0 Å². The Hall–Kier alpha value is -5.55. The topological polar surface area (TPSA) is 223 Å². The quantitative estimate of drug-likeness (QED) is 0.0415. The molecule has 1 heterocycles. The molecule has 0 aliphatic heterocycles. The molecule has 0 spiro atoms. The van der Waals surface area contributed by atoms with Gasteiger partial charge >= 0.3 is 0 Å². The molecule has 0 aliphatic carbocycles. The molecular weight excluding hydrogens is 805 g/mol. The summed E-state index contributed by atoms with van der Waals surface area (Å²) in [7, 11) is 0. The second kappa shape index (κ2) is 33.1. The normalized spacial score (nSPS) is 12.1. The zero-order valence-electron chi connectivity index (χ0n) is 39.1. The van der Waals surface area contributed by atoms with Crippen LogP contribution in [0.2, 0.25) is 0 Å². The van der Waals surface area contributed by atoms with Crippen LogP contribution in [0.25, 0.3) is 0 Å². The molecule has 18 heteroatoms. The second-order valence-electron chi connectivity index (χ2n) is 15.7. The first-order valence-corrected chi connectivity index (χ1v) is 22.8. The number of hydrogen-bond donors (Lipinski definition) is 6. The maximum absolute atomic E-state index is 13.6. The average Bonchev–Trinajstić information content (AvgIpc) is 3.29. The van der Waals surface area contributed by atoms with E-state index in [0.717, 1.165) is 95.3 Å². The van der Waals surface area contributed by atoms with Crippen LogP contribution in [0.1, 0.15) is 119 Å². The Morgan fingerprint density at radius 1 is 0.460 bits per heavy atom. The van der Waals surface area contributed by atoms with Gasteiger partial charge in [-0.25, -0.2) is 0 Å². The molecular formula is C45H78N12O6. The lowest BCUT2D eigenvalue weighted by atomic mass is 9.99. The smallest absolute Gasteiger partial charge is 0.244 e. The van der Waals surface area contributed by atoms with E-state index in [0.29, 0.717) is 19.6 Å². The van der Waals surface area contributed by atoms with Crippen molar-refractivity contribution in [3.05, 3.63) is 38.0 Å². The minimum absolute atomic E-state index is 0.107. The number of hydrogen-bond acceptors (Lipinski definition) is 12. The second-order valence-corrected chi connectivity index (χ2v) is 15.7. The fourth-order valence-corrected chi connectivity index (χ4v) is 6.39. The van der Waals surface area contributed by atoms with Crippen molar-refractivity contribution in [2.45, 2.75) is 119 Å². The third-order valence-corrected chi connectivity index (χ3v) is 10.7. The van der Waals surface area contributed by atoms with E-state index in [9.17, 15) is 28.8 Å². The third kappa shape index (κ3) is 23.5. The highest BCUT2D eigenvalue weighted by atomic mass is 16.2. The van der Waals surface area contributed by atoms with Crippen LogP contribution in [0.15, 0.2) is 38.0 Å². The lowest BCUT2D eigenvalue weighted by Gasteiger charge is -2.29. The molecule has 1 aromatic heterocycles. The lowest BCUT2D eigenvalue weighted by Crippen LogP contribution is -2.48. The van der Waals surface area contributed by atoms with E-state index in [-0.39, 0.29) is 93.0 Å². The molecule has 0 saturated carbocycles. The summed E-state index contributed by atoms with van der Waals surface area (Å²) in [5.74, 6) is -2.18. The highest BCUT2D eigenvalue weighted by molar-refractivity contribution is 5.89. The van der Waals surface area contributed by atoms with Crippen molar-refractivity contribution in [2.24, 2.45) is 17.8 Å². The zero-order chi connectivity index (χ0) is 47.0. The Balaban J connectivity index is 3.96. The number of aromatic nitrogens is 3. The minimum atomic E-state index is -0.523. The van der Waals surface area contributed by atoms with Gasteiger partial charge in [-0.3, -0.25) is 28.8 Å². The summed E-state index contributed by atoms with van der Waals surface area (Å²) in [4.78, 5) is 96.7. The van der Waals surface area contributed by atoms with Crippen molar-refractivity contribution < 1.29 is 28.8 Å². The van der Waals surface area contributed by atoms with Crippen LogP contribution in [0.4, 0.5) is 17.8 Å². The van der Waals surface area contributed by atoms with E-state index in [1.165, 1.54) is 14.7 Å². The highest BCUT2D eigenvalue weighted by Gasteiger charge is 2.26. The average molecular weight is 883 g/mol. The van der Waals surface area contributed by atoms with Gasteiger partial charge in [-0.1, -0.05) is 119 Å². The van der Waals surface area contributed by atoms with Crippen molar-refractivity contribution in [3.8, 4) is 0 Å². The summed E-state index contributed by atoms with van der Waals surface area (Å²) in [5, 5.41) is 17.1. The molecule has 0 aromatic carbocycles. The first kappa shape index (κ1) is 55.5. The summed E-state index contributed by atoms with van der Waals surface area (Å²) in [6.45, 7) is 22.9. The number of rotatable bonds is 36. The Bertz CT molecular complexity index is 1400. The Morgan fingerprint density at radius 3 is 0.921 bits per heavy atom. The van der Waals surface area contributed by atoms with Crippen LogP contribution in [0.5, 0.6) is 0 Å². The van der Waals surface area contributed by atoms with Crippen molar-refractivity contribution in [3.63, 3.8) is 0 Å². The lowest BCUT2D eigenvalue weighted by molar-refractivity contribution is -0.121. The molecule has 18 nitrogen and oxygen atoms in total. The number of carbonyl (C=O) groups is 6. The van der Waals surface area contributed by atoms with Crippen LogP contribution in [-0.2, 0) is 28.8 Å². The molecule has 3 unspecified atom stereocenters. The van der Waals surface area contributed by atoms with Gasteiger partial charge in [0.05, 0.1) is 20.0 Å². The number of unbranched alkanes of at least 4 members (excludes halogenated alkanes) is 3. The van der Waals surface area contributed by atoms with E-state index < -0.39 is 17.7 Å². The van der Waals surface area contributed by atoms with Gasteiger partial charge in [0.25, 0.3) is 0 Å². The molecule has 0 fully saturated rings. The van der Waals surface area contributed by atoms with Crippen LogP contribution in [-0.4, -0.2) is 110 Å². The first-order chi connectivity index (χ1) is 30.3. The monoisotopic (exact) mass is 883 g/mol. The van der Waals surface area contributed by atoms with Crippen molar-refractivity contribution in [2.75, 3.05) is 74.0 Å². The van der Waals surface area contributed by atoms with Crippen LogP contribution >= 0.6 is 0 Å². The maximum atomic E-state index is 13.6. The molecule has 0 radical (unpaired) electrons. The number of nitrogens with zero attached hydrogens (tertiary/aromatic N) is 6. The van der Waals surface area contributed by atoms with Gasteiger partial charge in [0.2, 0.25) is 53.3 Å². The van der Waals surface area contributed by atoms with Crippen LogP contribution in [0.3, 0.4) is 0 Å². The largest absolute Gasteiger partial charge is 0.354 e. The Morgan fingerprint density at radius 2 is 0.714 bits per heavy atom. The molecule has 0 bridgehead atoms. The zero-order valence-corrected chi connectivity index (χ0v) is 39.1. The number of anilines is 3. The van der Waals surface area contributed by atoms with E-state index in [1.54, 1.807) is 0 Å². The van der Waals surface area contributed by atoms with Gasteiger partial charge in [0, 0.05) is 19.6 Å². The van der Waals surface area contributed by atoms with E-state index >= 15 is 0 Å². The Kier molecular flexibility index (Phi) is 29.1. The third-order valence-electron chi connectivity index (χ3n) is 10.7. The summed E-state index contributed by atoms with van der Waals surface area (Å²) >= 11 is 0. The molecule has 63 heavy (non-hydrogen) atoms. The predicted octanol–water partition coefficient (Wildman–Crippen LogP) is 4.07. The minimum Gasteiger partial charge on any atom is -0.354 e. The molecule has 6 amide bonds. The number of amides is 6. The molecule has 3 atom stereocenters. The van der Waals surface area contributed by atoms with Gasteiger partial charge in [0.1, 0.15) is 19.6 Å². The van der Waals surface area contributed by atoms with Gasteiger partial charge in [-0.2, -0.15) is 15.0 Å². The van der Waals surface area contributed by atoms with Gasteiger partial charge in [-0.05, 0) is 55.2 Å².